The quantitative estimate of drug-likeness (QED) is 0.714. The lowest BCUT2D eigenvalue weighted by molar-refractivity contribution is 0.166. The third-order valence-corrected chi connectivity index (χ3v) is 5.52. The Balaban J connectivity index is 1.71. The Kier molecular flexibility index (Phi) is 3.37. The van der Waals surface area contributed by atoms with Crippen LogP contribution >= 0.6 is 0 Å². The van der Waals surface area contributed by atoms with Crippen molar-refractivity contribution < 1.29 is 8.42 Å². The van der Waals surface area contributed by atoms with Gasteiger partial charge in [0.25, 0.3) is 0 Å². The molecule has 2 rings (SSSR count). The fourth-order valence-corrected chi connectivity index (χ4v) is 3.24. The van der Waals surface area contributed by atoms with Crippen molar-refractivity contribution in [3.05, 3.63) is 12.2 Å². The summed E-state index contributed by atoms with van der Waals surface area (Å²) in [4.78, 5) is 0. The van der Waals surface area contributed by atoms with Crippen LogP contribution in [-0.2, 0) is 10.0 Å². The summed E-state index contributed by atoms with van der Waals surface area (Å²) in [5, 5.41) is 3.34. The molecule has 4 nitrogen and oxygen atoms in total. The minimum atomic E-state index is -3.05. The maximum Gasteiger partial charge on any atom is 0.214 e. The van der Waals surface area contributed by atoms with Crippen LogP contribution in [0.25, 0.3) is 0 Å². The molecule has 1 fully saturated rings. The number of nitrogens with one attached hydrogen (secondary N) is 1. The molecule has 0 amide bonds. The van der Waals surface area contributed by atoms with Crippen molar-refractivity contribution in [2.75, 3.05) is 26.4 Å². The van der Waals surface area contributed by atoms with Crippen LogP contribution in [-0.4, -0.2) is 45.2 Å². The highest BCUT2D eigenvalue weighted by Crippen LogP contribution is 2.42. The van der Waals surface area contributed by atoms with E-state index in [2.05, 4.69) is 17.5 Å². The van der Waals surface area contributed by atoms with Gasteiger partial charge in [-0.3, -0.25) is 0 Å². The van der Waals surface area contributed by atoms with E-state index in [1.807, 2.05) is 0 Å². The molecule has 1 N–H and O–H groups in total. The Hall–Kier alpha value is -0.390. The molecule has 2 aliphatic rings. The average molecular weight is 244 g/mol. The van der Waals surface area contributed by atoms with Crippen LogP contribution < -0.4 is 5.32 Å². The number of allylic oxidation sites excluding steroid dienone is 1. The lowest BCUT2D eigenvalue weighted by atomic mass is 9.71. The Bertz CT molecular complexity index is 375. The molecule has 3 atom stereocenters. The SMILES string of the molecule is CN(C)S(=O)(=O)CCNC1CC2CC=CC21. The highest BCUT2D eigenvalue weighted by molar-refractivity contribution is 7.89. The number of fused-ring (bicyclic) bond motifs is 1. The van der Waals surface area contributed by atoms with E-state index in [1.54, 1.807) is 14.1 Å². The summed E-state index contributed by atoms with van der Waals surface area (Å²) < 4.78 is 24.3. The highest BCUT2D eigenvalue weighted by Gasteiger charge is 2.40. The zero-order valence-electron chi connectivity index (χ0n) is 9.89. The number of hydrogen-bond donors (Lipinski definition) is 1. The molecule has 0 aliphatic heterocycles. The van der Waals surface area contributed by atoms with Gasteiger partial charge >= 0.3 is 0 Å². The van der Waals surface area contributed by atoms with Gasteiger partial charge in [-0.05, 0) is 24.7 Å². The standard InChI is InChI=1S/C11H20N2O2S/c1-13(2)16(14,15)7-6-12-11-8-9-4-3-5-10(9)11/h3,5,9-12H,4,6-8H2,1-2H3. The van der Waals surface area contributed by atoms with Gasteiger partial charge in [0.05, 0.1) is 5.75 Å². The lowest BCUT2D eigenvalue weighted by Crippen LogP contribution is -2.49. The van der Waals surface area contributed by atoms with Crippen LogP contribution in [0.4, 0.5) is 0 Å². The van der Waals surface area contributed by atoms with E-state index < -0.39 is 10.0 Å². The third kappa shape index (κ3) is 2.31. The normalized spacial score (nSPS) is 32.8. The van der Waals surface area contributed by atoms with Crippen molar-refractivity contribution in [3.8, 4) is 0 Å². The first-order valence-corrected chi connectivity index (χ1v) is 7.42. The number of nitrogens with zero attached hydrogens (tertiary/aromatic N) is 1. The van der Waals surface area contributed by atoms with Gasteiger partial charge in [0, 0.05) is 26.7 Å². The molecule has 0 spiro atoms. The maximum atomic E-state index is 11.5. The van der Waals surface area contributed by atoms with Crippen LogP contribution in [0.15, 0.2) is 12.2 Å². The lowest BCUT2D eigenvalue weighted by Gasteiger charge is -2.40. The van der Waals surface area contributed by atoms with Crippen LogP contribution in [0.3, 0.4) is 0 Å². The van der Waals surface area contributed by atoms with Crippen molar-refractivity contribution in [2.45, 2.75) is 18.9 Å². The molecule has 3 unspecified atom stereocenters. The van der Waals surface area contributed by atoms with Gasteiger partial charge in [0.1, 0.15) is 0 Å². The van der Waals surface area contributed by atoms with Gasteiger partial charge in [0.2, 0.25) is 10.0 Å². The first kappa shape index (κ1) is 12.1. The van der Waals surface area contributed by atoms with Gasteiger partial charge in [0.15, 0.2) is 0 Å². The molecule has 92 valence electrons. The molecule has 0 bridgehead atoms. The molecule has 1 saturated carbocycles. The summed E-state index contributed by atoms with van der Waals surface area (Å²) in [7, 11) is 0.108. The summed E-state index contributed by atoms with van der Waals surface area (Å²) in [6.45, 7) is 0.558. The average Bonchev–Trinajstić information content (AvgIpc) is 2.54. The number of hydrogen-bond acceptors (Lipinski definition) is 3. The third-order valence-electron chi connectivity index (χ3n) is 3.69. The van der Waals surface area contributed by atoms with Crippen LogP contribution in [0.1, 0.15) is 12.8 Å². The number of rotatable bonds is 5. The molecule has 0 saturated heterocycles. The second-order valence-corrected chi connectivity index (χ2v) is 7.20. The summed E-state index contributed by atoms with van der Waals surface area (Å²) in [5.74, 6) is 1.67. The minimum Gasteiger partial charge on any atom is -0.312 e. The van der Waals surface area contributed by atoms with Crippen LogP contribution in [0, 0.1) is 11.8 Å². The van der Waals surface area contributed by atoms with Crippen molar-refractivity contribution >= 4 is 10.0 Å². The molecule has 16 heavy (non-hydrogen) atoms. The fourth-order valence-electron chi connectivity index (χ4n) is 2.50. The van der Waals surface area contributed by atoms with Crippen molar-refractivity contribution in [1.29, 1.82) is 0 Å². The zero-order chi connectivity index (χ0) is 11.8. The molecule has 0 heterocycles. The largest absolute Gasteiger partial charge is 0.312 e. The smallest absolute Gasteiger partial charge is 0.214 e. The maximum absolute atomic E-state index is 11.5. The predicted octanol–water partition coefficient (Wildman–Crippen LogP) is 0.432. The summed E-state index contributed by atoms with van der Waals surface area (Å²) >= 11 is 0. The molecule has 0 radical (unpaired) electrons. The fraction of sp³-hybridized carbons (Fsp3) is 0.818. The predicted molar refractivity (Wildman–Crippen MR) is 64.6 cm³/mol. The second kappa shape index (κ2) is 4.47. The second-order valence-electron chi connectivity index (χ2n) is 4.90. The molecular weight excluding hydrogens is 224 g/mol. The van der Waals surface area contributed by atoms with E-state index in [0.29, 0.717) is 18.5 Å². The van der Waals surface area contributed by atoms with Crippen LogP contribution in [0.5, 0.6) is 0 Å². The Morgan fingerprint density at radius 3 is 2.81 bits per heavy atom. The zero-order valence-corrected chi connectivity index (χ0v) is 10.7. The van der Waals surface area contributed by atoms with E-state index in [1.165, 1.54) is 17.1 Å². The number of sulfonamides is 1. The summed E-state index contributed by atoms with van der Waals surface area (Å²) in [6.07, 6.45) is 6.92. The minimum absolute atomic E-state index is 0.192. The van der Waals surface area contributed by atoms with E-state index in [0.717, 1.165) is 5.92 Å². The Morgan fingerprint density at radius 1 is 1.44 bits per heavy atom. The Labute approximate surface area is 97.8 Å². The van der Waals surface area contributed by atoms with Gasteiger partial charge in [-0.15, -0.1) is 0 Å². The monoisotopic (exact) mass is 244 g/mol. The topological polar surface area (TPSA) is 49.4 Å². The first-order chi connectivity index (χ1) is 7.50. The molecule has 0 aromatic carbocycles. The molecule has 5 heteroatoms. The van der Waals surface area contributed by atoms with E-state index in [4.69, 9.17) is 0 Å². The van der Waals surface area contributed by atoms with Gasteiger partial charge in [-0.2, -0.15) is 0 Å². The molecule has 2 aliphatic carbocycles. The van der Waals surface area contributed by atoms with Crippen molar-refractivity contribution in [2.24, 2.45) is 11.8 Å². The summed E-state index contributed by atoms with van der Waals surface area (Å²) in [5.41, 5.74) is 0. The molecular formula is C11H20N2O2S. The van der Waals surface area contributed by atoms with Crippen molar-refractivity contribution in [1.82, 2.24) is 9.62 Å². The van der Waals surface area contributed by atoms with Gasteiger partial charge in [-0.25, -0.2) is 12.7 Å². The van der Waals surface area contributed by atoms with E-state index in [-0.39, 0.29) is 5.75 Å². The van der Waals surface area contributed by atoms with Gasteiger partial charge < -0.3 is 5.32 Å². The van der Waals surface area contributed by atoms with E-state index >= 15 is 0 Å². The highest BCUT2D eigenvalue weighted by atomic mass is 32.2. The summed E-state index contributed by atoms with van der Waals surface area (Å²) in [6, 6.07) is 0.501. The van der Waals surface area contributed by atoms with Gasteiger partial charge in [-0.1, -0.05) is 12.2 Å². The molecule has 0 aromatic rings. The molecule has 0 aromatic heterocycles. The first-order valence-electron chi connectivity index (χ1n) is 5.81. The van der Waals surface area contributed by atoms with Crippen LogP contribution in [0.2, 0.25) is 0 Å². The van der Waals surface area contributed by atoms with E-state index in [9.17, 15) is 8.42 Å². The van der Waals surface area contributed by atoms with Crippen molar-refractivity contribution in [3.63, 3.8) is 0 Å². The Morgan fingerprint density at radius 2 is 2.19 bits per heavy atom.